The van der Waals surface area contributed by atoms with Gasteiger partial charge in [0, 0.05) is 17.6 Å². The molecule has 0 amide bonds. The molecule has 2 rings (SSSR count). The molecule has 120 valence electrons. The lowest BCUT2D eigenvalue weighted by atomic mass is 10.1. The molecule has 0 aliphatic heterocycles. The molecule has 0 unspecified atom stereocenters. The summed E-state index contributed by atoms with van der Waals surface area (Å²) in [6.45, 7) is 4.16. The molecule has 0 aliphatic carbocycles. The molecule has 1 heterocycles. The van der Waals surface area contributed by atoms with Gasteiger partial charge < -0.3 is 4.98 Å². The lowest BCUT2D eigenvalue weighted by Gasteiger charge is -2.07. The van der Waals surface area contributed by atoms with Crippen LogP contribution >= 0.6 is 0 Å². The Bertz CT molecular complexity index is 810. The van der Waals surface area contributed by atoms with E-state index in [-0.39, 0.29) is 17.9 Å². The molecule has 0 spiro atoms. The van der Waals surface area contributed by atoms with Crippen LogP contribution in [0.2, 0.25) is 0 Å². The van der Waals surface area contributed by atoms with Crippen LogP contribution < -0.4 is 10.3 Å². The largest absolute Gasteiger partial charge is 0.322 e. The lowest BCUT2D eigenvalue weighted by Crippen LogP contribution is -2.29. The highest BCUT2D eigenvalue weighted by atomic mass is 32.2. The predicted octanol–water partition coefficient (Wildman–Crippen LogP) is 2.10. The fourth-order valence-corrected chi connectivity index (χ4v) is 3.52. The van der Waals surface area contributed by atoms with E-state index in [1.807, 2.05) is 38.1 Å². The van der Waals surface area contributed by atoms with Gasteiger partial charge in [-0.3, -0.25) is 4.79 Å². The monoisotopic (exact) mass is 322 g/mol. The van der Waals surface area contributed by atoms with Crippen molar-refractivity contribution in [3.8, 4) is 0 Å². The van der Waals surface area contributed by atoms with E-state index in [1.165, 1.54) is 0 Å². The van der Waals surface area contributed by atoms with Gasteiger partial charge in [-0.1, -0.05) is 25.5 Å². The van der Waals surface area contributed by atoms with Gasteiger partial charge in [0.1, 0.15) is 0 Å². The number of aryl methyl sites for hydroxylation is 1. The van der Waals surface area contributed by atoms with Crippen molar-refractivity contribution in [3.05, 3.63) is 45.7 Å². The van der Waals surface area contributed by atoms with E-state index in [1.54, 1.807) is 0 Å². The summed E-state index contributed by atoms with van der Waals surface area (Å²) in [6, 6.07) is 7.69. The summed E-state index contributed by atoms with van der Waals surface area (Å²) in [4.78, 5) is 14.9. The molecule has 1 aromatic carbocycles. The molecule has 22 heavy (non-hydrogen) atoms. The molecule has 5 nitrogen and oxygen atoms in total. The van der Waals surface area contributed by atoms with Crippen LogP contribution in [-0.2, 0) is 16.4 Å². The molecule has 0 radical (unpaired) electrons. The molecule has 0 saturated carbocycles. The number of fused-ring (bicyclic) bond motifs is 1. The highest BCUT2D eigenvalue weighted by Gasteiger charge is 2.09. The predicted molar refractivity (Wildman–Crippen MR) is 89.7 cm³/mol. The molecule has 0 aliphatic rings. The Kier molecular flexibility index (Phi) is 5.37. The Morgan fingerprint density at radius 3 is 2.73 bits per heavy atom. The third kappa shape index (κ3) is 4.42. The van der Waals surface area contributed by atoms with Crippen molar-refractivity contribution in [2.45, 2.75) is 33.1 Å². The number of hydrogen-bond donors (Lipinski definition) is 2. The number of unbranched alkanes of at least 4 members (excludes halogenated alkanes) is 1. The maximum atomic E-state index is 12.0. The Balaban J connectivity index is 2.07. The third-order valence-corrected chi connectivity index (χ3v) is 5.03. The van der Waals surface area contributed by atoms with Crippen LogP contribution in [0, 0.1) is 6.92 Å². The molecule has 6 heteroatoms. The molecule has 0 atom stereocenters. The molecular formula is C16H22N2O3S. The number of hydrogen-bond acceptors (Lipinski definition) is 3. The summed E-state index contributed by atoms with van der Waals surface area (Å²) in [5, 5.41) is 0.953. The molecule has 0 fully saturated rings. The maximum absolute atomic E-state index is 12.0. The van der Waals surface area contributed by atoms with Gasteiger partial charge in [-0.15, -0.1) is 0 Å². The summed E-state index contributed by atoms with van der Waals surface area (Å²) in [6.07, 6.45) is 1.86. The fraction of sp³-hybridized carbons (Fsp3) is 0.438. The summed E-state index contributed by atoms with van der Waals surface area (Å²) in [5.74, 6) is 0.136. The van der Waals surface area contributed by atoms with E-state index in [0.717, 1.165) is 22.9 Å². The highest BCUT2D eigenvalue weighted by molar-refractivity contribution is 7.89. The van der Waals surface area contributed by atoms with Crippen molar-refractivity contribution in [1.29, 1.82) is 0 Å². The van der Waals surface area contributed by atoms with Crippen LogP contribution in [0.5, 0.6) is 0 Å². The Morgan fingerprint density at radius 1 is 1.23 bits per heavy atom. The van der Waals surface area contributed by atoms with Gasteiger partial charge in [0.15, 0.2) is 0 Å². The zero-order valence-corrected chi connectivity index (χ0v) is 13.8. The van der Waals surface area contributed by atoms with E-state index >= 15 is 0 Å². The molecule has 1 aromatic heterocycles. The SMILES string of the molecule is CCCCS(=O)(=O)NCCc1cc2ccc(C)cc2[nH]c1=O. The smallest absolute Gasteiger partial charge is 0.251 e. The van der Waals surface area contributed by atoms with Gasteiger partial charge in [-0.25, -0.2) is 13.1 Å². The average molecular weight is 322 g/mol. The quantitative estimate of drug-likeness (QED) is 0.819. The number of sulfonamides is 1. The van der Waals surface area contributed by atoms with Gasteiger partial charge in [-0.05, 0) is 42.8 Å². The number of nitrogens with one attached hydrogen (secondary N) is 2. The van der Waals surface area contributed by atoms with Crippen molar-refractivity contribution in [3.63, 3.8) is 0 Å². The first-order valence-corrected chi connectivity index (χ1v) is 9.16. The second kappa shape index (κ2) is 7.07. The number of aromatic nitrogens is 1. The fourth-order valence-electron chi connectivity index (χ4n) is 2.29. The van der Waals surface area contributed by atoms with Crippen LogP contribution in [0.4, 0.5) is 0 Å². The highest BCUT2D eigenvalue weighted by Crippen LogP contribution is 2.13. The Hall–Kier alpha value is -1.66. The second-order valence-electron chi connectivity index (χ2n) is 5.53. The van der Waals surface area contributed by atoms with E-state index in [4.69, 9.17) is 0 Å². The molecule has 0 bridgehead atoms. The Labute approximate surface area is 130 Å². The number of pyridine rings is 1. The van der Waals surface area contributed by atoms with Crippen LogP contribution in [-0.4, -0.2) is 25.7 Å². The van der Waals surface area contributed by atoms with Gasteiger partial charge in [0.2, 0.25) is 10.0 Å². The van der Waals surface area contributed by atoms with E-state index in [0.29, 0.717) is 18.4 Å². The molecular weight excluding hydrogens is 300 g/mol. The normalized spacial score (nSPS) is 11.9. The first-order valence-electron chi connectivity index (χ1n) is 7.51. The minimum absolute atomic E-state index is 0.136. The van der Waals surface area contributed by atoms with Crippen LogP contribution in [0.25, 0.3) is 10.9 Å². The van der Waals surface area contributed by atoms with Crippen LogP contribution in [0.1, 0.15) is 30.9 Å². The maximum Gasteiger partial charge on any atom is 0.251 e. The van der Waals surface area contributed by atoms with Gasteiger partial charge in [0.05, 0.1) is 5.75 Å². The van der Waals surface area contributed by atoms with Gasteiger partial charge in [-0.2, -0.15) is 0 Å². The zero-order valence-electron chi connectivity index (χ0n) is 13.0. The van der Waals surface area contributed by atoms with E-state index in [9.17, 15) is 13.2 Å². The first kappa shape index (κ1) is 16.7. The van der Waals surface area contributed by atoms with Crippen molar-refractivity contribution in [2.75, 3.05) is 12.3 Å². The number of H-pyrrole nitrogens is 1. The van der Waals surface area contributed by atoms with E-state index < -0.39 is 10.0 Å². The minimum Gasteiger partial charge on any atom is -0.322 e. The lowest BCUT2D eigenvalue weighted by molar-refractivity contribution is 0.578. The number of aromatic amines is 1. The molecule has 2 aromatic rings. The zero-order chi connectivity index (χ0) is 16.2. The van der Waals surface area contributed by atoms with Crippen molar-refractivity contribution in [1.82, 2.24) is 9.71 Å². The summed E-state index contributed by atoms with van der Waals surface area (Å²) in [5.41, 5.74) is 2.32. The molecule has 0 saturated heterocycles. The number of benzene rings is 1. The number of rotatable bonds is 7. The van der Waals surface area contributed by atoms with Crippen molar-refractivity contribution >= 4 is 20.9 Å². The van der Waals surface area contributed by atoms with Crippen molar-refractivity contribution < 1.29 is 8.42 Å². The minimum atomic E-state index is -3.24. The standard InChI is InChI=1S/C16H22N2O3S/c1-3-4-9-22(20,21)17-8-7-14-11-13-6-5-12(2)10-15(13)18-16(14)19/h5-6,10-11,17H,3-4,7-9H2,1-2H3,(H,18,19). The summed E-state index contributed by atoms with van der Waals surface area (Å²) in [7, 11) is -3.24. The Morgan fingerprint density at radius 2 is 2.00 bits per heavy atom. The first-order chi connectivity index (χ1) is 10.4. The van der Waals surface area contributed by atoms with Crippen LogP contribution in [0.15, 0.2) is 29.1 Å². The average Bonchev–Trinajstić information content (AvgIpc) is 2.46. The summed E-state index contributed by atoms with van der Waals surface area (Å²) >= 11 is 0. The second-order valence-corrected chi connectivity index (χ2v) is 7.46. The van der Waals surface area contributed by atoms with Gasteiger partial charge in [0.25, 0.3) is 5.56 Å². The summed E-state index contributed by atoms with van der Waals surface area (Å²) < 4.78 is 26.0. The van der Waals surface area contributed by atoms with Crippen molar-refractivity contribution in [2.24, 2.45) is 0 Å². The van der Waals surface area contributed by atoms with Gasteiger partial charge >= 0.3 is 0 Å². The van der Waals surface area contributed by atoms with Crippen LogP contribution in [0.3, 0.4) is 0 Å². The topological polar surface area (TPSA) is 79.0 Å². The van der Waals surface area contributed by atoms with E-state index in [2.05, 4.69) is 9.71 Å². The third-order valence-electron chi connectivity index (χ3n) is 3.56. The molecule has 2 N–H and O–H groups in total.